The van der Waals surface area contributed by atoms with Gasteiger partial charge in [-0.2, -0.15) is 0 Å². The third kappa shape index (κ3) is 5.69. The molecule has 0 aromatic heterocycles. The summed E-state index contributed by atoms with van der Waals surface area (Å²) in [6.45, 7) is 7.11. The van der Waals surface area contributed by atoms with Crippen LogP contribution in [-0.4, -0.2) is 19.0 Å². The summed E-state index contributed by atoms with van der Waals surface area (Å²) in [5.74, 6) is -1.36. The summed E-state index contributed by atoms with van der Waals surface area (Å²) in [5, 5.41) is 5.36. The molecule has 0 radical (unpaired) electrons. The first-order valence-electron chi connectivity index (χ1n) is 7.46. The van der Waals surface area contributed by atoms with Crippen molar-refractivity contribution in [3.63, 3.8) is 0 Å². The van der Waals surface area contributed by atoms with Gasteiger partial charge >= 0.3 is 0 Å². The molecule has 0 aliphatic heterocycles. The molecule has 21 heavy (non-hydrogen) atoms. The van der Waals surface area contributed by atoms with Crippen LogP contribution in [0.3, 0.4) is 0 Å². The van der Waals surface area contributed by atoms with Crippen molar-refractivity contribution in [2.75, 3.05) is 18.4 Å². The van der Waals surface area contributed by atoms with E-state index in [0.29, 0.717) is 19.0 Å². The fraction of sp³-hybridized carbons (Fsp3) is 0.562. The molecule has 0 unspecified atom stereocenters. The van der Waals surface area contributed by atoms with Crippen LogP contribution in [0.15, 0.2) is 12.1 Å². The molecule has 0 heterocycles. The van der Waals surface area contributed by atoms with Crippen LogP contribution in [0.2, 0.25) is 0 Å². The Morgan fingerprint density at radius 1 is 1.19 bits per heavy atom. The highest BCUT2D eigenvalue weighted by molar-refractivity contribution is 5.94. The third-order valence-electron chi connectivity index (χ3n) is 3.10. The highest BCUT2D eigenvalue weighted by Gasteiger charge is 2.14. The van der Waals surface area contributed by atoms with Crippen molar-refractivity contribution in [1.29, 1.82) is 0 Å². The molecule has 0 fully saturated rings. The van der Waals surface area contributed by atoms with Gasteiger partial charge in [-0.05, 0) is 37.3 Å². The molecule has 3 nitrogen and oxygen atoms in total. The van der Waals surface area contributed by atoms with Crippen LogP contribution in [0.25, 0.3) is 0 Å². The first-order chi connectivity index (χ1) is 9.95. The van der Waals surface area contributed by atoms with E-state index in [1.165, 1.54) is 0 Å². The van der Waals surface area contributed by atoms with Crippen LogP contribution >= 0.6 is 0 Å². The number of carbonyl (C=O) groups excluding carboxylic acids is 1. The van der Waals surface area contributed by atoms with Crippen molar-refractivity contribution in [2.24, 2.45) is 5.92 Å². The third-order valence-corrected chi connectivity index (χ3v) is 3.10. The maximum absolute atomic E-state index is 13.8. The fourth-order valence-corrected chi connectivity index (χ4v) is 1.94. The molecule has 0 saturated carbocycles. The lowest BCUT2D eigenvalue weighted by Gasteiger charge is -2.10. The molecule has 1 aromatic rings. The molecule has 1 rings (SSSR count). The Bertz CT molecular complexity index is 452. The van der Waals surface area contributed by atoms with Gasteiger partial charge in [0.05, 0.1) is 0 Å². The molecule has 1 aromatic carbocycles. The lowest BCUT2D eigenvalue weighted by atomic mass is 10.1. The average Bonchev–Trinajstić information content (AvgIpc) is 2.42. The first kappa shape index (κ1) is 17.4. The van der Waals surface area contributed by atoms with E-state index in [1.54, 1.807) is 0 Å². The Kier molecular flexibility index (Phi) is 7.12. The molecule has 0 aliphatic carbocycles. The van der Waals surface area contributed by atoms with Crippen molar-refractivity contribution in [1.82, 2.24) is 5.32 Å². The van der Waals surface area contributed by atoms with Gasteiger partial charge in [-0.1, -0.05) is 20.8 Å². The minimum Gasteiger partial charge on any atom is -0.380 e. The van der Waals surface area contributed by atoms with Crippen molar-refractivity contribution in [2.45, 2.75) is 40.0 Å². The molecular weight excluding hydrogens is 274 g/mol. The van der Waals surface area contributed by atoms with Gasteiger partial charge in [0.2, 0.25) is 0 Å². The van der Waals surface area contributed by atoms with Crippen LogP contribution in [-0.2, 0) is 0 Å². The van der Waals surface area contributed by atoms with Gasteiger partial charge in [0, 0.05) is 18.7 Å². The van der Waals surface area contributed by atoms with Crippen molar-refractivity contribution in [3.05, 3.63) is 29.3 Å². The SMILES string of the molecule is CCCNc1c(F)cc(C(=O)NCCCC(C)C)cc1F. The van der Waals surface area contributed by atoms with Crippen LogP contribution in [0.4, 0.5) is 14.5 Å². The summed E-state index contributed by atoms with van der Waals surface area (Å²) < 4.78 is 27.6. The summed E-state index contributed by atoms with van der Waals surface area (Å²) in [6, 6.07) is 2.14. The monoisotopic (exact) mass is 298 g/mol. The van der Waals surface area contributed by atoms with Gasteiger partial charge in [-0.25, -0.2) is 8.78 Å². The van der Waals surface area contributed by atoms with E-state index in [4.69, 9.17) is 0 Å². The zero-order chi connectivity index (χ0) is 15.8. The van der Waals surface area contributed by atoms with Crippen LogP contribution in [0.1, 0.15) is 50.4 Å². The number of benzene rings is 1. The second-order valence-electron chi connectivity index (χ2n) is 5.53. The van der Waals surface area contributed by atoms with E-state index in [1.807, 2.05) is 6.92 Å². The number of halogens is 2. The standard InChI is InChI=1S/C16H24F2N2O/c1-4-7-19-15-13(17)9-12(10-14(15)18)16(21)20-8-5-6-11(2)3/h9-11,19H,4-8H2,1-3H3,(H,20,21). The second kappa shape index (κ2) is 8.60. The maximum atomic E-state index is 13.8. The minimum absolute atomic E-state index is 0.0107. The van der Waals surface area contributed by atoms with E-state index in [9.17, 15) is 13.6 Å². The summed E-state index contributed by atoms with van der Waals surface area (Å²) in [4.78, 5) is 11.9. The minimum atomic E-state index is -0.740. The lowest BCUT2D eigenvalue weighted by molar-refractivity contribution is 0.0951. The summed E-state index contributed by atoms with van der Waals surface area (Å²) >= 11 is 0. The Hall–Kier alpha value is -1.65. The van der Waals surface area contributed by atoms with Gasteiger partial charge in [-0.15, -0.1) is 0 Å². The van der Waals surface area contributed by atoms with Crippen LogP contribution in [0.5, 0.6) is 0 Å². The maximum Gasteiger partial charge on any atom is 0.251 e. The summed E-state index contributed by atoms with van der Waals surface area (Å²) in [7, 11) is 0. The number of carbonyl (C=O) groups is 1. The molecule has 1 amide bonds. The van der Waals surface area contributed by atoms with E-state index >= 15 is 0 Å². The highest BCUT2D eigenvalue weighted by atomic mass is 19.1. The molecule has 0 aliphatic rings. The Morgan fingerprint density at radius 3 is 2.33 bits per heavy atom. The molecule has 0 spiro atoms. The number of amides is 1. The molecule has 118 valence electrons. The molecule has 5 heteroatoms. The smallest absolute Gasteiger partial charge is 0.251 e. The van der Waals surface area contributed by atoms with Crippen molar-refractivity contribution < 1.29 is 13.6 Å². The van der Waals surface area contributed by atoms with E-state index in [2.05, 4.69) is 24.5 Å². The van der Waals surface area contributed by atoms with Crippen LogP contribution < -0.4 is 10.6 Å². The van der Waals surface area contributed by atoms with Gasteiger partial charge in [0.1, 0.15) is 17.3 Å². The van der Waals surface area contributed by atoms with Gasteiger partial charge in [0.25, 0.3) is 5.91 Å². The number of hydrogen-bond acceptors (Lipinski definition) is 2. The Labute approximate surface area is 125 Å². The summed E-state index contributed by atoms with van der Waals surface area (Å²) in [6.07, 6.45) is 2.62. The van der Waals surface area contributed by atoms with Crippen molar-refractivity contribution >= 4 is 11.6 Å². The van der Waals surface area contributed by atoms with E-state index < -0.39 is 17.5 Å². The van der Waals surface area contributed by atoms with E-state index in [-0.39, 0.29) is 11.3 Å². The predicted octanol–water partition coefficient (Wildman–Crippen LogP) is 3.95. The van der Waals surface area contributed by atoms with Crippen LogP contribution in [0, 0.1) is 17.6 Å². The van der Waals surface area contributed by atoms with E-state index in [0.717, 1.165) is 31.4 Å². The topological polar surface area (TPSA) is 41.1 Å². The number of rotatable bonds is 8. The zero-order valence-electron chi connectivity index (χ0n) is 12.9. The molecule has 2 N–H and O–H groups in total. The largest absolute Gasteiger partial charge is 0.380 e. The predicted molar refractivity (Wildman–Crippen MR) is 81.5 cm³/mol. The number of nitrogens with one attached hydrogen (secondary N) is 2. The van der Waals surface area contributed by atoms with Crippen molar-refractivity contribution in [3.8, 4) is 0 Å². The normalized spacial score (nSPS) is 10.8. The summed E-state index contributed by atoms with van der Waals surface area (Å²) in [5.41, 5.74) is -0.162. The molecular formula is C16H24F2N2O. The average molecular weight is 298 g/mol. The second-order valence-corrected chi connectivity index (χ2v) is 5.53. The fourth-order valence-electron chi connectivity index (χ4n) is 1.94. The molecule has 0 saturated heterocycles. The van der Waals surface area contributed by atoms with Gasteiger partial charge in [-0.3, -0.25) is 4.79 Å². The Morgan fingerprint density at radius 2 is 1.81 bits per heavy atom. The zero-order valence-corrected chi connectivity index (χ0v) is 12.9. The number of hydrogen-bond donors (Lipinski definition) is 2. The molecule has 0 bridgehead atoms. The quantitative estimate of drug-likeness (QED) is 0.713. The number of anilines is 1. The lowest BCUT2D eigenvalue weighted by Crippen LogP contribution is -2.25. The Balaban J connectivity index is 2.64. The molecule has 0 atom stereocenters. The highest BCUT2D eigenvalue weighted by Crippen LogP contribution is 2.20. The van der Waals surface area contributed by atoms with Gasteiger partial charge < -0.3 is 10.6 Å². The van der Waals surface area contributed by atoms with Gasteiger partial charge in [0.15, 0.2) is 0 Å². The first-order valence-corrected chi connectivity index (χ1v) is 7.46.